The number of carbonyl (C=O) groups excluding carboxylic acids is 1. The Morgan fingerprint density at radius 3 is 2.42 bits per heavy atom. The average Bonchev–Trinajstić information content (AvgIpc) is 2.55. The monoisotopic (exact) mass is 499 g/mol. The quantitative estimate of drug-likeness (QED) is 0.461. The highest BCUT2D eigenvalue weighted by Crippen LogP contribution is 2.31. The summed E-state index contributed by atoms with van der Waals surface area (Å²) in [5, 5.41) is 0.350. The molecule has 2 aromatic rings. The van der Waals surface area contributed by atoms with Gasteiger partial charge in [-0.3, -0.25) is 9.10 Å². The summed E-state index contributed by atoms with van der Waals surface area (Å²) in [6.07, 6.45) is 0. The maximum atomic E-state index is 13.0. The van der Waals surface area contributed by atoms with Gasteiger partial charge in [-0.2, -0.15) is 0 Å². The summed E-state index contributed by atoms with van der Waals surface area (Å²) >= 11 is 13.8. The molecule has 0 N–H and O–H groups in total. The molecule has 2 rings (SSSR count). The van der Waals surface area contributed by atoms with Gasteiger partial charge in [0.15, 0.2) is 0 Å². The minimum atomic E-state index is -4.04. The first-order chi connectivity index (χ1) is 11.3. The first kappa shape index (κ1) is 19.3. The van der Waals surface area contributed by atoms with E-state index in [9.17, 15) is 13.2 Å². The third-order valence-corrected chi connectivity index (χ3v) is 6.51. The van der Waals surface area contributed by atoms with E-state index in [1.807, 2.05) is 22.6 Å². The van der Waals surface area contributed by atoms with Crippen LogP contribution >= 0.6 is 45.8 Å². The Morgan fingerprint density at radius 1 is 1.17 bits per heavy atom. The Kier molecular flexibility index (Phi) is 6.35. The fourth-order valence-electron chi connectivity index (χ4n) is 1.90. The summed E-state index contributed by atoms with van der Waals surface area (Å²) in [4.78, 5) is 11.7. The van der Waals surface area contributed by atoms with Crippen LogP contribution in [0.4, 0.5) is 5.69 Å². The van der Waals surface area contributed by atoms with Gasteiger partial charge in [0.1, 0.15) is 6.54 Å². The van der Waals surface area contributed by atoms with Crippen LogP contribution in [0.25, 0.3) is 0 Å². The normalized spacial score (nSPS) is 11.2. The number of esters is 1. The predicted molar refractivity (Wildman–Crippen MR) is 102 cm³/mol. The second kappa shape index (κ2) is 7.90. The number of rotatable bonds is 5. The van der Waals surface area contributed by atoms with Crippen LogP contribution in [0.2, 0.25) is 10.0 Å². The molecule has 0 heterocycles. The molecule has 0 spiro atoms. The van der Waals surface area contributed by atoms with Crippen molar-refractivity contribution in [2.45, 2.75) is 4.90 Å². The smallest absolute Gasteiger partial charge is 0.326 e. The number of sulfonamides is 1. The minimum absolute atomic E-state index is 0.0690. The van der Waals surface area contributed by atoms with Gasteiger partial charge in [0.05, 0.1) is 27.7 Å². The molecule has 9 heteroatoms. The first-order valence-electron chi connectivity index (χ1n) is 6.56. The molecule has 0 amide bonds. The minimum Gasteiger partial charge on any atom is -0.468 e. The molecule has 0 bridgehead atoms. The average molecular weight is 500 g/mol. The Bertz CT molecular complexity index is 874. The van der Waals surface area contributed by atoms with E-state index in [1.165, 1.54) is 25.3 Å². The summed E-state index contributed by atoms with van der Waals surface area (Å²) < 4.78 is 32.3. The Morgan fingerprint density at radius 2 is 1.83 bits per heavy atom. The molecule has 5 nitrogen and oxygen atoms in total. The highest BCUT2D eigenvalue weighted by Gasteiger charge is 2.29. The van der Waals surface area contributed by atoms with Gasteiger partial charge in [0.25, 0.3) is 10.0 Å². The van der Waals surface area contributed by atoms with Crippen molar-refractivity contribution in [3.8, 4) is 0 Å². The van der Waals surface area contributed by atoms with Crippen LogP contribution in [0.1, 0.15) is 0 Å². The molecule has 0 aliphatic rings. The third kappa shape index (κ3) is 4.14. The molecule has 0 unspecified atom stereocenters. The Hall–Kier alpha value is -1.03. The zero-order chi connectivity index (χ0) is 17.9. The number of nitrogens with zero attached hydrogens (tertiary/aromatic N) is 1. The van der Waals surface area contributed by atoms with Gasteiger partial charge in [-0.05, 0) is 52.9 Å². The van der Waals surface area contributed by atoms with Crippen LogP contribution in [0.3, 0.4) is 0 Å². The first-order valence-corrected chi connectivity index (χ1v) is 9.84. The molecular formula is C15H12Cl2INO4S. The highest BCUT2D eigenvalue weighted by molar-refractivity contribution is 14.1. The topological polar surface area (TPSA) is 63.7 Å². The Balaban J connectivity index is 2.59. The van der Waals surface area contributed by atoms with Crippen molar-refractivity contribution < 1.29 is 17.9 Å². The van der Waals surface area contributed by atoms with Gasteiger partial charge in [-0.25, -0.2) is 8.42 Å². The molecule has 0 aromatic heterocycles. The van der Waals surface area contributed by atoms with Crippen molar-refractivity contribution in [2.75, 3.05) is 18.0 Å². The summed E-state index contributed by atoms with van der Waals surface area (Å²) in [6, 6.07) is 10.8. The van der Waals surface area contributed by atoms with Crippen molar-refractivity contribution in [1.29, 1.82) is 0 Å². The van der Waals surface area contributed by atoms with Gasteiger partial charge < -0.3 is 4.74 Å². The van der Waals surface area contributed by atoms with E-state index in [4.69, 9.17) is 23.2 Å². The lowest BCUT2D eigenvalue weighted by molar-refractivity contribution is -0.138. The largest absolute Gasteiger partial charge is 0.468 e. The van der Waals surface area contributed by atoms with E-state index in [1.54, 1.807) is 24.3 Å². The second-order valence-corrected chi connectivity index (χ2v) is 8.45. The molecular weight excluding hydrogens is 488 g/mol. The maximum Gasteiger partial charge on any atom is 0.326 e. The summed E-state index contributed by atoms with van der Waals surface area (Å²) in [6.45, 7) is -0.459. The lowest BCUT2D eigenvalue weighted by atomic mass is 10.3. The van der Waals surface area contributed by atoms with E-state index in [0.717, 1.165) is 4.31 Å². The van der Waals surface area contributed by atoms with E-state index < -0.39 is 22.5 Å². The van der Waals surface area contributed by atoms with Crippen molar-refractivity contribution in [2.24, 2.45) is 0 Å². The fraction of sp³-hybridized carbons (Fsp3) is 0.133. The molecule has 0 aliphatic heterocycles. The van der Waals surface area contributed by atoms with Crippen LogP contribution in [0.5, 0.6) is 0 Å². The number of para-hydroxylation sites is 1. The summed E-state index contributed by atoms with van der Waals surface area (Å²) in [5.41, 5.74) is 0.370. The zero-order valence-corrected chi connectivity index (χ0v) is 16.9. The standard InChI is InChI=1S/C15H12Cl2INO4S/c1-23-15(20)9-19(14-5-3-2-4-13(14)18)24(21,22)10-6-7-11(16)12(17)8-10/h2-8H,9H2,1H3. The van der Waals surface area contributed by atoms with E-state index >= 15 is 0 Å². The third-order valence-electron chi connectivity index (χ3n) is 3.10. The molecule has 24 heavy (non-hydrogen) atoms. The van der Waals surface area contributed by atoms with Crippen molar-refractivity contribution in [3.05, 3.63) is 56.1 Å². The Labute approximate surface area is 163 Å². The predicted octanol–water partition coefficient (Wildman–Crippen LogP) is 3.97. The van der Waals surface area contributed by atoms with Crippen molar-refractivity contribution in [3.63, 3.8) is 0 Å². The lowest BCUT2D eigenvalue weighted by Crippen LogP contribution is -2.36. The van der Waals surface area contributed by atoms with Crippen LogP contribution in [0.15, 0.2) is 47.4 Å². The molecule has 0 fully saturated rings. The van der Waals surface area contributed by atoms with Crippen LogP contribution in [-0.2, 0) is 19.6 Å². The van der Waals surface area contributed by atoms with Gasteiger partial charge in [0, 0.05) is 3.57 Å². The van der Waals surface area contributed by atoms with Gasteiger partial charge in [-0.1, -0.05) is 35.3 Å². The summed E-state index contributed by atoms with van der Waals surface area (Å²) in [7, 11) is -2.84. The molecule has 2 aromatic carbocycles. The number of carbonyl (C=O) groups is 1. The molecule has 0 saturated heterocycles. The molecule has 0 atom stereocenters. The van der Waals surface area contributed by atoms with Crippen molar-refractivity contribution in [1.82, 2.24) is 0 Å². The molecule has 128 valence electrons. The summed E-state index contributed by atoms with van der Waals surface area (Å²) in [5.74, 6) is -0.682. The van der Waals surface area contributed by atoms with Crippen LogP contribution in [0, 0.1) is 3.57 Å². The van der Waals surface area contributed by atoms with Gasteiger partial charge >= 0.3 is 5.97 Å². The molecule has 0 radical (unpaired) electrons. The lowest BCUT2D eigenvalue weighted by Gasteiger charge is -2.24. The number of anilines is 1. The number of methoxy groups -OCH3 is 1. The molecule has 0 saturated carbocycles. The van der Waals surface area contributed by atoms with Gasteiger partial charge in [-0.15, -0.1) is 0 Å². The second-order valence-electron chi connectivity index (χ2n) is 4.62. The van der Waals surface area contributed by atoms with E-state index in [-0.39, 0.29) is 14.9 Å². The van der Waals surface area contributed by atoms with E-state index in [0.29, 0.717) is 9.26 Å². The van der Waals surface area contributed by atoms with Crippen LogP contribution < -0.4 is 4.31 Å². The highest BCUT2D eigenvalue weighted by atomic mass is 127. The molecule has 0 aliphatic carbocycles. The maximum absolute atomic E-state index is 13.0. The van der Waals surface area contributed by atoms with Crippen molar-refractivity contribution >= 4 is 67.5 Å². The zero-order valence-electron chi connectivity index (χ0n) is 12.4. The van der Waals surface area contributed by atoms with E-state index in [2.05, 4.69) is 4.74 Å². The van der Waals surface area contributed by atoms with Gasteiger partial charge in [0.2, 0.25) is 0 Å². The fourth-order valence-corrected chi connectivity index (χ4v) is 4.56. The number of benzene rings is 2. The number of hydrogen-bond acceptors (Lipinski definition) is 4. The number of hydrogen-bond donors (Lipinski definition) is 0. The SMILES string of the molecule is COC(=O)CN(c1ccccc1I)S(=O)(=O)c1ccc(Cl)c(Cl)c1. The number of ether oxygens (including phenoxy) is 1. The van der Waals surface area contributed by atoms with Crippen LogP contribution in [-0.4, -0.2) is 28.0 Å². The number of halogens is 3.